The zero-order chi connectivity index (χ0) is 20.2. The highest BCUT2D eigenvalue weighted by molar-refractivity contribution is 6.32. The molecular weight excluding hydrogens is 396 g/mol. The van der Waals surface area contributed by atoms with E-state index in [0.717, 1.165) is 5.56 Å². The third-order valence-electron chi connectivity index (χ3n) is 4.23. The summed E-state index contributed by atoms with van der Waals surface area (Å²) >= 11 is 6.15. The summed E-state index contributed by atoms with van der Waals surface area (Å²) in [6.45, 7) is 0.113. The van der Waals surface area contributed by atoms with Crippen LogP contribution in [-0.4, -0.2) is 31.9 Å². The Kier molecular flexibility index (Phi) is 5.39. The van der Waals surface area contributed by atoms with Crippen LogP contribution < -0.4 is 19.6 Å². The SMILES string of the molecule is COc1ccc(-c2ccc(/C=N/NC(=O)C3COc4ccccc4O3)o2)cc1Cl. The lowest BCUT2D eigenvalue weighted by Gasteiger charge is -2.24. The van der Waals surface area contributed by atoms with Crippen molar-refractivity contribution in [2.45, 2.75) is 6.10 Å². The second kappa shape index (κ2) is 8.28. The monoisotopic (exact) mass is 412 g/mol. The van der Waals surface area contributed by atoms with E-state index in [-0.39, 0.29) is 6.61 Å². The molecule has 1 aromatic heterocycles. The Bertz CT molecular complexity index is 1060. The summed E-state index contributed by atoms with van der Waals surface area (Å²) in [5.74, 6) is 2.40. The number of furan rings is 1. The highest BCUT2D eigenvalue weighted by Crippen LogP contribution is 2.31. The summed E-state index contributed by atoms with van der Waals surface area (Å²) in [4.78, 5) is 12.2. The maximum absolute atomic E-state index is 12.2. The van der Waals surface area contributed by atoms with Crippen LogP contribution >= 0.6 is 11.6 Å². The smallest absolute Gasteiger partial charge is 0.284 e. The van der Waals surface area contributed by atoms with E-state index >= 15 is 0 Å². The summed E-state index contributed by atoms with van der Waals surface area (Å²) in [6.07, 6.45) is 0.625. The van der Waals surface area contributed by atoms with Crippen molar-refractivity contribution >= 4 is 23.7 Å². The van der Waals surface area contributed by atoms with Crippen LogP contribution in [0.4, 0.5) is 0 Å². The molecule has 2 aromatic carbocycles. The van der Waals surface area contributed by atoms with Crippen LogP contribution in [0.5, 0.6) is 17.2 Å². The number of rotatable bonds is 5. The molecule has 1 amide bonds. The maximum atomic E-state index is 12.2. The molecule has 1 aliphatic heterocycles. The molecule has 1 unspecified atom stereocenters. The fourth-order valence-electron chi connectivity index (χ4n) is 2.78. The number of ether oxygens (including phenoxy) is 3. The quantitative estimate of drug-likeness (QED) is 0.507. The minimum absolute atomic E-state index is 0.113. The fourth-order valence-corrected chi connectivity index (χ4v) is 3.03. The average molecular weight is 413 g/mol. The van der Waals surface area contributed by atoms with Crippen molar-refractivity contribution in [3.05, 3.63) is 65.4 Å². The first kappa shape index (κ1) is 18.9. The van der Waals surface area contributed by atoms with E-state index in [0.29, 0.717) is 33.8 Å². The number of nitrogens with zero attached hydrogens (tertiary/aromatic N) is 1. The lowest BCUT2D eigenvalue weighted by atomic mass is 10.2. The normalized spacial score (nSPS) is 15.3. The summed E-state index contributed by atoms with van der Waals surface area (Å²) in [6, 6.07) is 16.1. The number of para-hydroxylation sites is 2. The fraction of sp³-hybridized carbons (Fsp3) is 0.143. The van der Waals surface area contributed by atoms with Crippen molar-refractivity contribution in [3.8, 4) is 28.6 Å². The number of hydrogen-bond acceptors (Lipinski definition) is 6. The minimum Gasteiger partial charge on any atom is -0.495 e. The van der Waals surface area contributed by atoms with E-state index in [1.54, 1.807) is 43.5 Å². The van der Waals surface area contributed by atoms with E-state index < -0.39 is 12.0 Å². The number of benzene rings is 2. The van der Waals surface area contributed by atoms with Gasteiger partial charge in [-0.15, -0.1) is 0 Å². The van der Waals surface area contributed by atoms with Gasteiger partial charge in [0.1, 0.15) is 23.9 Å². The molecule has 1 atom stereocenters. The van der Waals surface area contributed by atoms with Gasteiger partial charge in [0.25, 0.3) is 5.91 Å². The molecule has 0 saturated carbocycles. The van der Waals surface area contributed by atoms with Crippen molar-refractivity contribution in [2.75, 3.05) is 13.7 Å². The maximum Gasteiger partial charge on any atom is 0.284 e. The molecule has 29 heavy (non-hydrogen) atoms. The van der Waals surface area contributed by atoms with Gasteiger partial charge in [-0.1, -0.05) is 23.7 Å². The number of nitrogens with one attached hydrogen (secondary N) is 1. The Morgan fingerprint density at radius 2 is 2.03 bits per heavy atom. The molecule has 1 aliphatic rings. The number of amides is 1. The van der Waals surface area contributed by atoms with E-state index in [4.69, 9.17) is 30.2 Å². The molecular formula is C21H17ClN2O5. The molecule has 0 bridgehead atoms. The predicted molar refractivity (Wildman–Crippen MR) is 108 cm³/mol. The van der Waals surface area contributed by atoms with Gasteiger partial charge in [-0.3, -0.25) is 4.79 Å². The molecule has 0 aliphatic carbocycles. The molecule has 148 valence electrons. The van der Waals surface area contributed by atoms with Gasteiger partial charge in [0, 0.05) is 5.56 Å². The zero-order valence-electron chi connectivity index (χ0n) is 15.4. The second-order valence-electron chi connectivity index (χ2n) is 6.15. The van der Waals surface area contributed by atoms with Crippen LogP contribution in [0.3, 0.4) is 0 Å². The Morgan fingerprint density at radius 1 is 1.21 bits per heavy atom. The third-order valence-corrected chi connectivity index (χ3v) is 4.53. The van der Waals surface area contributed by atoms with Crippen LogP contribution in [0.2, 0.25) is 5.02 Å². The van der Waals surface area contributed by atoms with Crippen molar-refractivity contribution in [1.29, 1.82) is 0 Å². The number of methoxy groups -OCH3 is 1. The van der Waals surface area contributed by atoms with Crippen LogP contribution in [0.1, 0.15) is 5.76 Å². The molecule has 4 rings (SSSR count). The zero-order valence-corrected chi connectivity index (χ0v) is 16.2. The van der Waals surface area contributed by atoms with Gasteiger partial charge >= 0.3 is 0 Å². The second-order valence-corrected chi connectivity index (χ2v) is 6.56. The predicted octanol–water partition coefficient (Wildman–Crippen LogP) is 3.90. The van der Waals surface area contributed by atoms with Gasteiger partial charge in [0.15, 0.2) is 11.5 Å². The Balaban J connectivity index is 1.37. The highest BCUT2D eigenvalue weighted by atomic mass is 35.5. The van der Waals surface area contributed by atoms with Gasteiger partial charge in [0.2, 0.25) is 6.10 Å². The van der Waals surface area contributed by atoms with Crippen LogP contribution in [0.15, 0.2) is 64.1 Å². The van der Waals surface area contributed by atoms with E-state index in [1.165, 1.54) is 6.21 Å². The number of carbonyl (C=O) groups excluding carboxylic acids is 1. The molecule has 0 fully saturated rings. The molecule has 0 radical (unpaired) electrons. The minimum atomic E-state index is -0.782. The molecule has 3 aromatic rings. The first-order chi connectivity index (χ1) is 14.1. The van der Waals surface area contributed by atoms with Crippen molar-refractivity contribution < 1.29 is 23.4 Å². The number of hydrogen-bond donors (Lipinski definition) is 1. The lowest BCUT2D eigenvalue weighted by Crippen LogP contribution is -2.42. The Morgan fingerprint density at radius 3 is 2.83 bits per heavy atom. The molecule has 2 heterocycles. The molecule has 8 heteroatoms. The van der Waals surface area contributed by atoms with Gasteiger partial charge in [-0.25, -0.2) is 5.43 Å². The standard InChI is InChI=1S/C21H17ClN2O5/c1-26-17-8-6-13(10-15(17)22)16-9-7-14(28-16)11-23-24-21(25)20-12-27-18-4-2-3-5-19(18)29-20/h2-11,20H,12H2,1H3,(H,24,25)/b23-11+. The third kappa shape index (κ3) is 4.20. The molecule has 7 nitrogen and oxygen atoms in total. The van der Waals surface area contributed by atoms with Crippen molar-refractivity contribution in [1.82, 2.24) is 5.43 Å². The van der Waals surface area contributed by atoms with E-state index in [2.05, 4.69) is 10.5 Å². The van der Waals surface area contributed by atoms with Gasteiger partial charge in [-0.05, 0) is 42.5 Å². The van der Waals surface area contributed by atoms with Crippen LogP contribution in [0, 0.1) is 0 Å². The first-order valence-electron chi connectivity index (χ1n) is 8.79. The largest absolute Gasteiger partial charge is 0.495 e. The number of carbonyl (C=O) groups is 1. The van der Waals surface area contributed by atoms with Crippen LogP contribution in [-0.2, 0) is 4.79 Å². The summed E-state index contributed by atoms with van der Waals surface area (Å²) in [5.41, 5.74) is 3.23. The Labute approximate surface area is 171 Å². The van der Waals surface area contributed by atoms with Crippen molar-refractivity contribution in [3.63, 3.8) is 0 Å². The number of halogens is 1. The molecule has 1 N–H and O–H groups in total. The molecule has 0 saturated heterocycles. The Hall–Kier alpha value is -3.45. The van der Waals surface area contributed by atoms with Gasteiger partial charge < -0.3 is 18.6 Å². The van der Waals surface area contributed by atoms with Crippen LogP contribution in [0.25, 0.3) is 11.3 Å². The summed E-state index contributed by atoms with van der Waals surface area (Å²) in [7, 11) is 1.56. The van der Waals surface area contributed by atoms with Gasteiger partial charge in [0.05, 0.1) is 18.3 Å². The van der Waals surface area contributed by atoms with E-state index in [9.17, 15) is 4.79 Å². The average Bonchev–Trinajstić information content (AvgIpc) is 3.22. The van der Waals surface area contributed by atoms with Gasteiger partial charge in [-0.2, -0.15) is 5.10 Å². The lowest BCUT2D eigenvalue weighted by molar-refractivity contribution is -0.130. The molecule has 0 spiro atoms. The topological polar surface area (TPSA) is 82.3 Å². The number of hydrazone groups is 1. The van der Waals surface area contributed by atoms with Crippen molar-refractivity contribution in [2.24, 2.45) is 5.10 Å². The summed E-state index contributed by atoms with van der Waals surface area (Å²) < 4.78 is 22.0. The summed E-state index contributed by atoms with van der Waals surface area (Å²) in [5, 5.41) is 4.41. The highest BCUT2D eigenvalue weighted by Gasteiger charge is 2.27. The first-order valence-corrected chi connectivity index (χ1v) is 9.17. The number of fused-ring (bicyclic) bond motifs is 1. The van der Waals surface area contributed by atoms with E-state index in [1.807, 2.05) is 18.2 Å².